The molecule has 0 aliphatic carbocycles. The van der Waals surface area contributed by atoms with Gasteiger partial charge in [-0.05, 0) is 43.7 Å². The normalized spacial score (nSPS) is 10.7. The lowest BCUT2D eigenvalue weighted by Gasteiger charge is -2.09. The number of ether oxygens (including phenoxy) is 1. The van der Waals surface area contributed by atoms with E-state index in [4.69, 9.17) is 4.74 Å². The lowest BCUT2D eigenvalue weighted by Crippen LogP contribution is -2.14. The number of nitrogens with one attached hydrogen (secondary N) is 1. The molecule has 0 spiro atoms. The molecule has 2 aromatic rings. The van der Waals surface area contributed by atoms with E-state index in [9.17, 15) is 8.78 Å². The van der Waals surface area contributed by atoms with Gasteiger partial charge in [-0.15, -0.1) is 0 Å². The van der Waals surface area contributed by atoms with Crippen LogP contribution in [0.1, 0.15) is 24.6 Å². The van der Waals surface area contributed by atoms with Crippen LogP contribution in [0.4, 0.5) is 8.78 Å². The standard InChI is InChI=1S/C16H18F2N2O/c1-3-6-19-10-12-7-11(2)20-16(8-12)21-13-4-5-14(17)15(18)9-13/h4-5,7-9,19H,3,6,10H2,1-2H3. The largest absolute Gasteiger partial charge is 0.439 e. The summed E-state index contributed by atoms with van der Waals surface area (Å²) in [7, 11) is 0. The van der Waals surface area contributed by atoms with Crippen LogP contribution in [0, 0.1) is 18.6 Å². The lowest BCUT2D eigenvalue weighted by molar-refractivity contribution is 0.446. The summed E-state index contributed by atoms with van der Waals surface area (Å²) in [4.78, 5) is 4.24. The molecule has 0 atom stereocenters. The van der Waals surface area contributed by atoms with Crippen LogP contribution in [0.25, 0.3) is 0 Å². The number of rotatable bonds is 6. The number of pyridine rings is 1. The van der Waals surface area contributed by atoms with Crippen LogP contribution in [0.15, 0.2) is 30.3 Å². The van der Waals surface area contributed by atoms with Crippen molar-refractivity contribution in [3.8, 4) is 11.6 Å². The Bertz CT molecular complexity index is 617. The van der Waals surface area contributed by atoms with E-state index in [1.165, 1.54) is 6.07 Å². The first kappa shape index (κ1) is 15.4. The highest BCUT2D eigenvalue weighted by molar-refractivity contribution is 5.31. The van der Waals surface area contributed by atoms with Crippen molar-refractivity contribution in [2.24, 2.45) is 0 Å². The highest BCUT2D eigenvalue weighted by Crippen LogP contribution is 2.23. The molecule has 0 unspecified atom stereocenters. The van der Waals surface area contributed by atoms with Crippen LogP contribution in [0.5, 0.6) is 11.6 Å². The van der Waals surface area contributed by atoms with E-state index in [1.807, 2.05) is 13.0 Å². The van der Waals surface area contributed by atoms with Crippen LogP contribution < -0.4 is 10.1 Å². The highest BCUT2D eigenvalue weighted by Gasteiger charge is 2.06. The summed E-state index contributed by atoms with van der Waals surface area (Å²) < 4.78 is 31.5. The average molecular weight is 292 g/mol. The molecular formula is C16H18F2N2O. The molecule has 0 bridgehead atoms. The Morgan fingerprint density at radius 2 is 1.95 bits per heavy atom. The SMILES string of the molecule is CCCNCc1cc(C)nc(Oc2ccc(F)c(F)c2)c1. The molecule has 2 rings (SSSR count). The van der Waals surface area contributed by atoms with E-state index in [1.54, 1.807) is 6.07 Å². The van der Waals surface area contributed by atoms with Crippen LogP contribution in [-0.2, 0) is 6.54 Å². The van der Waals surface area contributed by atoms with Gasteiger partial charge in [-0.25, -0.2) is 13.8 Å². The predicted octanol–water partition coefficient (Wildman–Crippen LogP) is 3.96. The minimum atomic E-state index is -0.940. The predicted molar refractivity (Wildman–Crippen MR) is 77.4 cm³/mol. The van der Waals surface area contributed by atoms with Crippen molar-refractivity contribution in [1.29, 1.82) is 0 Å². The number of aromatic nitrogens is 1. The molecule has 0 saturated heterocycles. The van der Waals surface area contributed by atoms with E-state index in [0.29, 0.717) is 12.4 Å². The second-order valence-corrected chi connectivity index (χ2v) is 4.81. The minimum absolute atomic E-state index is 0.222. The Morgan fingerprint density at radius 3 is 2.67 bits per heavy atom. The second kappa shape index (κ2) is 7.13. The summed E-state index contributed by atoms with van der Waals surface area (Å²) in [6, 6.07) is 7.16. The van der Waals surface area contributed by atoms with Crippen molar-refractivity contribution >= 4 is 0 Å². The molecule has 0 saturated carbocycles. The number of hydrogen-bond acceptors (Lipinski definition) is 3. The quantitative estimate of drug-likeness (QED) is 0.818. The first-order valence-corrected chi connectivity index (χ1v) is 6.89. The van der Waals surface area contributed by atoms with Crippen molar-refractivity contribution in [1.82, 2.24) is 10.3 Å². The molecule has 1 aromatic heterocycles. The molecule has 0 amide bonds. The fourth-order valence-electron chi connectivity index (χ4n) is 1.93. The molecule has 21 heavy (non-hydrogen) atoms. The first-order chi connectivity index (χ1) is 10.1. The van der Waals surface area contributed by atoms with Gasteiger partial charge < -0.3 is 10.1 Å². The van der Waals surface area contributed by atoms with E-state index in [2.05, 4.69) is 17.2 Å². The van der Waals surface area contributed by atoms with Gasteiger partial charge in [0.25, 0.3) is 0 Å². The fourth-order valence-corrected chi connectivity index (χ4v) is 1.93. The Labute approximate surface area is 123 Å². The van der Waals surface area contributed by atoms with Gasteiger partial charge in [0.2, 0.25) is 5.88 Å². The zero-order chi connectivity index (χ0) is 15.2. The number of benzene rings is 1. The molecule has 0 radical (unpaired) electrons. The first-order valence-electron chi connectivity index (χ1n) is 6.89. The summed E-state index contributed by atoms with van der Waals surface area (Å²) in [5, 5.41) is 3.29. The van der Waals surface area contributed by atoms with Crippen molar-refractivity contribution in [3.05, 3.63) is 53.2 Å². The summed E-state index contributed by atoms with van der Waals surface area (Å²) >= 11 is 0. The molecule has 0 aliphatic heterocycles. The zero-order valence-corrected chi connectivity index (χ0v) is 12.1. The van der Waals surface area contributed by atoms with Crippen LogP contribution >= 0.6 is 0 Å². The molecule has 0 aliphatic rings. The third-order valence-corrected chi connectivity index (χ3v) is 2.86. The molecule has 1 heterocycles. The van der Waals surface area contributed by atoms with Crippen LogP contribution in [-0.4, -0.2) is 11.5 Å². The topological polar surface area (TPSA) is 34.2 Å². The molecule has 112 valence electrons. The number of halogens is 2. The lowest BCUT2D eigenvalue weighted by atomic mass is 10.2. The van der Waals surface area contributed by atoms with Crippen molar-refractivity contribution < 1.29 is 13.5 Å². The third kappa shape index (κ3) is 4.49. The van der Waals surface area contributed by atoms with E-state index in [-0.39, 0.29) is 5.75 Å². The fraction of sp³-hybridized carbons (Fsp3) is 0.312. The molecule has 1 N–H and O–H groups in total. The van der Waals surface area contributed by atoms with Crippen LogP contribution in [0.2, 0.25) is 0 Å². The molecule has 0 fully saturated rings. The van der Waals surface area contributed by atoms with Gasteiger partial charge in [-0.2, -0.15) is 0 Å². The second-order valence-electron chi connectivity index (χ2n) is 4.81. The van der Waals surface area contributed by atoms with Crippen LogP contribution in [0.3, 0.4) is 0 Å². The summed E-state index contributed by atoms with van der Waals surface area (Å²) in [6.45, 7) is 5.61. The maximum absolute atomic E-state index is 13.2. The molecular weight excluding hydrogens is 274 g/mol. The van der Waals surface area contributed by atoms with Crippen molar-refractivity contribution in [2.75, 3.05) is 6.54 Å². The van der Waals surface area contributed by atoms with Gasteiger partial charge in [0.05, 0.1) is 0 Å². The third-order valence-electron chi connectivity index (χ3n) is 2.86. The highest BCUT2D eigenvalue weighted by atomic mass is 19.2. The summed E-state index contributed by atoms with van der Waals surface area (Å²) in [5.41, 5.74) is 1.84. The molecule has 5 heteroatoms. The Kier molecular flexibility index (Phi) is 5.22. The number of aryl methyl sites for hydroxylation is 1. The van der Waals surface area contributed by atoms with Gasteiger partial charge in [0.15, 0.2) is 11.6 Å². The van der Waals surface area contributed by atoms with Crippen molar-refractivity contribution in [2.45, 2.75) is 26.8 Å². The average Bonchev–Trinajstić information content (AvgIpc) is 2.43. The van der Waals surface area contributed by atoms with Gasteiger partial charge >= 0.3 is 0 Å². The number of hydrogen-bond donors (Lipinski definition) is 1. The number of nitrogens with zero attached hydrogens (tertiary/aromatic N) is 1. The van der Waals surface area contributed by atoms with Gasteiger partial charge in [0.1, 0.15) is 5.75 Å². The monoisotopic (exact) mass is 292 g/mol. The minimum Gasteiger partial charge on any atom is -0.439 e. The Balaban J connectivity index is 2.13. The smallest absolute Gasteiger partial charge is 0.219 e. The maximum atomic E-state index is 13.2. The van der Waals surface area contributed by atoms with Crippen molar-refractivity contribution in [3.63, 3.8) is 0 Å². The van der Waals surface area contributed by atoms with E-state index < -0.39 is 11.6 Å². The van der Waals surface area contributed by atoms with Gasteiger partial charge in [-0.1, -0.05) is 6.92 Å². The van der Waals surface area contributed by atoms with E-state index >= 15 is 0 Å². The molecule has 3 nitrogen and oxygen atoms in total. The molecule has 1 aromatic carbocycles. The summed E-state index contributed by atoms with van der Waals surface area (Å²) in [5.74, 6) is -1.25. The summed E-state index contributed by atoms with van der Waals surface area (Å²) in [6.07, 6.45) is 1.06. The Hall–Kier alpha value is -2.01. The van der Waals surface area contributed by atoms with Gasteiger partial charge in [-0.3, -0.25) is 0 Å². The van der Waals surface area contributed by atoms with Gasteiger partial charge in [0, 0.05) is 24.4 Å². The zero-order valence-electron chi connectivity index (χ0n) is 12.1. The Morgan fingerprint density at radius 1 is 1.14 bits per heavy atom. The van der Waals surface area contributed by atoms with E-state index in [0.717, 1.165) is 36.4 Å². The maximum Gasteiger partial charge on any atom is 0.219 e.